The molecule has 0 aliphatic heterocycles. The molecule has 0 radical (unpaired) electrons. The van der Waals surface area contributed by atoms with Gasteiger partial charge in [0.05, 0.1) is 15.3 Å². The van der Waals surface area contributed by atoms with E-state index in [0.29, 0.717) is 0 Å². The summed E-state index contributed by atoms with van der Waals surface area (Å²) in [4.78, 5) is 24.8. The average Bonchev–Trinajstić information content (AvgIpc) is 1.54. The van der Waals surface area contributed by atoms with Crippen LogP contribution in [-0.2, 0) is 0 Å². The quantitative estimate of drug-likeness (QED) is 0.282. The van der Waals surface area contributed by atoms with Gasteiger partial charge in [-0.15, -0.1) is 0 Å². The van der Waals surface area contributed by atoms with Crippen molar-refractivity contribution in [3.05, 3.63) is 46.0 Å². The van der Waals surface area contributed by atoms with Crippen LogP contribution in [-0.4, -0.2) is 37.2 Å². The van der Waals surface area contributed by atoms with E-state index < -0.39 is 15.3 Å². The summed E-state index contributed by atoms with van der Waals surface area (Å²) in [6, 6.07) is 0. The van der Waals surface area contributed by atoms with Crippen molar-refractivity contribution >= 4 is 0 Å². The Kier molecular flexibility index (Phi) is 155. The van der Waals surface area contributed by atoms with Crippen LogP contribution in [0, 0.1) is 87.3 Å². The maximum Gasteiger partial charge on any atom is 3.00 e. The van der Waals surface area contributed by atoms with Gasteiger partial charge in [-0.3, -0.25) is 0 Å². The first kappa shape index (κ1) is 56.9. The second-order valence-corrected chi connectivity index (χ2v) is 0.671. The number of nitrogens with zero attached hydrogens (tertiary/aromatic N) is 3. The van der Waals surface area contributed by atoms with Crippen molar-refractivity contribution in [3.63, 3.8) is 0 Å². The van der Waals surface area contributed by atoms with Crippen LogP contribution in [0.15, 0.2) is 0 Å². The molecule has 0 unspecified atom stereocenters. The average molecular weight is 399 g/mol. The molecule has 17 heavy (non-hydrogen) atoms. The van der Waals surface area contributed by atoms with E-state index in [1.54, 1.807) is 0 Å². The molecule has 0 rings (SSSR count). The Hall–Kier alpha value is -1.20. The fourth-order valence-electron chi connectivity index (χ4n) is 0. The smallest absolute Gasteiger partial charge is 0.412 e. The molecule has 0 spiro atoms. The fourth-order valence-corrected chi connectivity index (χ4v) is 0. The molecule has 0 bridgehead atoms. The van der Waals surface area contributed by atoms with E-state index in [1.165, 1.54) is 0 Å². The van der Waals surface area contributed by atoms with Crippen molar-refractivity contribution in [1.82, 2.24) is 0 Å². The summed E-state index contributed by atoms with van der Waals surface area (Å²) in [6.45, 7) is 0. The summed E-state index contributed by atoms with van der Waals surface area (Å²) in [5.74, 6) is 0. The summed E-state index contributed by atoms with van der Waals surface area (Å²) >= 11 is 0. The monoisotopic (exact) mass is 399 g/mol. The summed E-state index contributed by atoms with van der Waals surface area (Å²) in [5, 5.41) is 44.2. The Labute approximate surface area is 124 Å². The molecule has 0 aromatic rings. The molecule has 17 heteroatoms. The van der Waals surface area contributed by atoms with Crippen molar-refractivity contribution in [3.8, 4) is 0 Å². The van der Waals surface area contributed by atoms with Gasteiger partial charge in [-0.25, -0.2) is 0 Å². The second kappa shape index (κ2) is 46.3. The Bertz CT molecular complexity index is 114. The minimum atomic E-state index is -1.75. The Morgan fingerprint density at radius 1 is 0.471 bits per heavy atom. The summed E-state index contributed by atoms with van der Waals surface area (Å²) in [6.07, 6.45) is 0. The maximum atomic E-state index is 8.25. The Morgan fingerprint density at radius 2 is 0.471 bits per heavy atom. The zero-order valence-electron chi connectivity index (χ0n) is 7.59. The van der Waals surface area contributed by atoms with Gasteiger partial charge in [-0.1, -0.05) is 0 Å². The molecule has 0 amide bonds. The fraction of sp³-hybridized carbons (Fsp3) is 0. The van der Waals surface area contributed by atoms with Crippen LogP contribution in [0.1, 0.15) is 0 Å². The first-order chi connectivity index (χ1) is 5.20. The van der Waals surface area contributed by atoms with Gasteiger partial charge in [0.15, 0.2) is 0 Å². The van der Waals surface area contributed by atoms with E-state index in [4.69, 9.17) is 46.0 Å². The molecular formula is H8N3O13Pr. The molecule has 0 saturated carbocycles. The van der Waals surface area contributed by atoms with Crippen LogP contribution in [0.5, 0.6) is 0 Å². The molecule has 104 valence electrons. The van der Waals surface area contributed by atoms with E-state index in [0.717, 1.165) is 0 Å². The predicted octanol–water partition coefficient (Wildman–Crippen LogP) is -4.02. The van der Waals surface area contributed by atoms with Crippen molar-refractivity contribution in [2.45, 2.75) is 0 Å². The minimum Gasteiger partial charge on any atom is -0.412 e. The van der Waals surface area contributed by atoms with E-state index in [2.05, 4.69) is 0 Å². The Morgan fingerprint density at radius 3 is 0.471 bits per heavy atom. The van der Waals surface area contributed by atoms with Crippen LogP contribution in [0.4, 0.5) is 0 Å². The third-order valence-electron chi connectivity index (χ3n) is 0. The van der Waals surface area contributed by atoms with Gasteiger partial charge >= 0.3 is 41.3 Å². The van der Waals surface area contributed by atoms with Crippen LogP contribution in [0.3, 0.4) is 0 Å². The largest absolute Gasteiger partial charge is 3.00 e. The van der Waals surface area contributed by atoms with Crippen LogP contribution in [0.2, 0.25) is 0 Å². The second-order valence-electron chi connectivity index (χ2n) is 0.671. The summed E-state index contributed by atoms with van der Waals surface area (Å²) in [7, 11) is 0. The molecule has 0 fully saturated rings. The number of rotatable bonds is 0. The molecular weight excluding hydrogens is 391 g/mol. The van der Waals surface area contributed by atoms with Crippen molar-refractivity contribution in [2.75, 3.05) is 0 Å². The maximum absolute atomic E-state index is 8.25. The van der Waals surface area contributed by atoms with E-state index >= 15 is 0 Å². The molecule has 0 saturated heterocycles. The summed E-state index contributed by atoms with van der Waals surface area (Å²) in [5.41, 5.74) is 0. The van der Waals surface area contributed by atoms with Gasteiger partial charge in [0.1, 0.15) is 0 Å². The normalized spacial score (nSPS) is 4.24. The molecule has 0 atom stereocenters. The first-order valence-electron chi connectivity index (χ1n) is 1.64. The minimum absolute atomic E-state index is 0. The predicted molar refractivity (Wildman–Crippen MR) is 45.5 cm³/mol. The van der Waals surface area contributed by atoms with Gasteiger partial charge < -0.3 is 67.9 Å². The van der Waals surface area contributed by atoms with Crippen LogP contribution in [0.25, 0.3) is 0 Å². The SMILES string of the molecule is O.O.O.O.O=[N+]([O-])[O-].O=[N+]([O-])[O-].O=[N+]([O-])[O-].[Pr+3]. The van der Waals surface area contributed by atoms with Gasteiger partial charge in [0, 0.05) is 0 Å². The van der Waals surface area contributed by atoms with E-state index in [-0.39, 0.29) is 63.2 Å². The summed E-state index contributed by atoms with van der Waals surface area (Å²) < 4.78 is 0. The molecule has 0 aliphatic carbocycles. The topological polar surface area (TPSA) is 325 Å². The molecule has 0 aromatic heterocycles. The van der Waals surface area contributed by atoms with Gasteiger partial charge in [-0.2, -0.15) is 0 Å². The Balaban J connectivity index is -0.0000000104. The van der Waals surface area contributed by atoms with Crippen LogP contribution < -0.4 is 0 Å². The standard InChI is InChI=1S/3NO3.4H2O.Pr/c3*2-1(3)4;;;;;/h;;;4*1H2;/q3*-1;;;;;+3. The van der Waals surface area contributed by atoms with Gasteiger partial charge in [0.2, 0.25) is 0 Å². The third-order valence-corrected chi connectivity index (χ3v) is 0. The van der Waals surface area contributed by atoms with Crippen LogP contribution >= 0.6 is 0 Å². The van der Waals surface area contributed by atoms with Gasteiger partial charge in [-0.05, 0) is 0 Å². The first-order valence-corrected chi connectivity index (χ1v) is 1.64. The van der Waals surface area contributed by atoms with Crippen molar-refractivity contribution < 1.29 is 78.5 Å². The molecule has 16 nitrogen and oxygen atoms in total. The zero-order valence-corrected chi connectivity index (χ0v) is 11.3. The third kappa shape index (κ3) is 1700. The van der Waals surface area contributed by atoms with Crippen molar-refractivity contribution in [1.29, 1.82) is 0 Å². The number of hydrogen-bond acceptors (Lipinski definition) is 9. The number of hydrogen-bond donors (Lipinski definition) is 0. The molecule has 0 aromatic carbocycles. The zero-order chi connectivity index (χ0) is 10.7. The molecule has 8 N–H and O–H groups in total. The molecule has 0 heterocycles. The van der Waals surface area contributed by atoms with Gasteiger partial charge in [0.25, 0.3) is 0 Å². The van der Waals surface area contributed by atoms with E-state index in [1.807, 2.05) is 0 Å². The molecule has 0 aliphatic rings. The van der Waals surface area contributed by atoms with Crippen molar-refractivity contribution in [2.24, 2.45) is 0 Å². The van der Waals surface area contributed by atoms with E-state index in [9.17, 15) is 0 Å².